The summed E-state index contributed by atoms with van der Waals surface area (Å²) >= 11 is 0. The molecule has 2 aliphatic heterocycles. The number of hydrogen-bond acceptors (Lipinski definition) is 2. The van der Waals surface area contributed by atoms with Crippen LogP contribution in [0.4, 0.5) is 4.79 Å². The first-order chi connectivity index (χ1) is 11.5. The van der Waals surface area contributed by atoms with Gasteiger partial charge in [-0.25, -0.2) is 4.79 Å². The standard InChI is InChI=1S/C20H31N3O/c1-15(2)13-22(3)20(24)21-17-11-18-9-10-19(12-17)23(18)14-16-7-5-4-6-8-16/h4-8,15,17-19H,9-14H2,1-3H3,(H,21,24). The van der Waals surface area contributed by atoms with E-state index in [1.54, 1.807) is 0 Å². The number of nitrogens with zero attached hydrogens (tertiary/aromatic N) is 2. The van der Waals surface area contributed by atoms with Gasteiger partial charge in [-0.2, -0.15) is 0 Å². The minimum atomic E-state index is 0.0876. The molecule has 2 saturated heterocycles. The van der Waals surface area contributed by atoms with Crippen LogP contribution in [-0.4, -0.2) is 47.5 Å². The Hall–Kier alpha value is -1.55. The Kier molecular flexibility index (Phi) is 5.44. The quantitative estimate of drug-likeness (QED) is 0.898. The number of amides is 2. The van der Waals surface area contributed by atoms with Gasteiger partial charge in [-0.1, -0.05) is 44.2 Å². The van der Waals surface area contributed by atoms with Crippen LogP contribution in [0, 0.1) is 5.92 Å². The summed E-state index contributed by atoms with van der Waals surface area (Å²) in [6, 6.07) is 12.4. The van der Waals surface area contributed by atoms with Crippen molar-refractivity contribution in [3.05, 3.63) is 35.9 Å². The van der Waals surface area contributed by atoms with E-state index in [2.05, 4.69) is 54.4 Å². The maximum atomic E-state index is 12.4. The molecule has 4 heteroatoms. The summed E-state index contributed by atoms with van der Waals surface area (Å²) < 4.78 is 0. The molecule has 0 aliphatic carbocycles. The third-order valence-electron chi connectivity index (χ3n) is 5.41. The Bertz CT molecular complexity index is 531. The van der Waals surface area contributed by atoms with Gasteiger partial charge in [0.2, 0.25) is 0 Å². The zero-order valence-corrected chi connectivity index (χ0v) is 15.2. The normalized spacial score (nSPS) is 26.6. The first-order valence-electron chi connectivity index (χ1n) is 9.34. The highest BCUT2D eigenvalue weighted by Gasteiger charge is 2.41. The molecule has 2 amide bonds. The average Bonchev–Trinajstić information content (AvgIpc) is 2.78. The van der Waals surface area contributed by atoms with Crippen molar-refractivity contribution in [2.45, 2.75) is 64.2 Å². The van der Waals surface area contributed by atoms with Gasteiger partial charge >= 0.3 is 6.03 Å². The Morgan fingerprint density at radius 2 is 1.83 bits per heavy atom. The van der Waals surface area contributed by atoms with Gasteiger partial charge in [-0.15, -0.1) is 0 Å². The van der Waals surface area contributed by atoms with Crippen LogP contribution in [-0.2, 0) is 6.54 Å². The molecule has 1 aromatic rings. The second kappa shape index (κ2) is 7.56. The molecule has 1 aromatic carbocycles. The first kappa shape index (κ1) is 17.3. The van der Waals surface area contributed by atoms with E-state index in [-0.39, 0.29) is 6.03 Å². The van der Waals surface area contributed by atoms with Gasteiger partial charge in [-0.3, -0.25) is 4.90 Å². The summed E-state index contributed by atoms with van der Waals surface area (Å²) in [6.07, 6.45) is 4.71. The van der Waals surface area contributed by atoms with Crippen molar-refractivity contribution in [2.75, 3.05) is 13.6 Å². The van der Waals surface area contributed by atoms with Crippen LogP contribution in [0.1, 0.15) is 45.1 Å². The third-order valence-corrected chi connectivity index (χ3v) is 5.41. The van der Waals surface area contributed by atoms with E-state index in [1.807, 2.05) is 11.9 Å². The van der Waals surface area contributed by atoms with Gasteiger partial charge < -0.3 is 10.2 Å². The Morgan fingerprint density at radius 1 is 1.21 bits per heavy atom. The molecule has 2 unspecified atom stereocenters. The SMILES string of the molecule is CC(C)CN(C)C(=O)NC1CC2CCC(C1)N2Cc1ccccc1. The summed E-state index contributed by atoms with van der Waals surface area (Å²) in [7, 11) is 1.90. The zero-order valence-electron chi connectivity index (χ0n) is 15.2. The number of urea groups is 1. The number of piperidine rings is 1. The zero-order chi connectivity index (χ0) is 17.1. The van der Waals surface area contributed by atoms with Crippen LogP contribution >= 0.6 is 0 Å². The second-order valence-corrected chi connectivity index (χ2v) is 7.94. The maximum Gasteiger partial charge on any atom is 0.317 e. The summed E-state index contributed by atoms with van der Waals surface area (Å²) in [4.78, 5) is 16.8. The summed E-state index contributed by atoms with van der Waals surface area (Å²) in [5, 5.41) is 3.27. The maximum absolute atomic E-state index is 12.4. The third kappa shape index (κ3) is 4.10. The van der Waals surface area contributed by atoms with Crippen LogP contribution in [0.3, 0.4) is 0 Å². The van der Waals surface area contributed by atoms with Crippen molar-refractivity contribution >= 4 is 6.03 Å². The first-order valence-corrected chi connectivity index (χ1v) is 9.34. The van der Waals surface area contributed by atoms with E-state index in [1.165, 1.54) is 18.4 Å². The van der Waals surface area contributed by atoms with Crippen molar-refractivity contribution in [3.8, 4) is 0 Å². The van der Waals surface area contributed by atoms with E-state index in [0.29, 0.717) is 24.0 Å². The minimum Gasteiger partial charge on any atom is -0.335 e. The summed E-state index contributed by atoms with van der Waals surface area (Å²) in [5.74, 6) is 0.504. The van der Waals surface area contributed by atoms with Crippen molar-refractivity contribution in [3.63, 3.8) is 0 Å². The lowest BCUT2D eigenvalue weighted by molar-refractivity contribution is 0.108. The molecule has 0 spiro atoms. The molecule has 2 heterocycles. The Morgan fingerprint density at radius 3 is 2.42 bits per heavy atom. The highest BCUT2D eigenvalue weighted by Crippen LogP contribution is 2.36. The molecule has 24 heavy (non-hydrogen) atoms. The molecule has 0 saturated carbocycles. The number of benzene rings is 1. The Balaban J connectivity index is 1.54. The van der Waals surface area contributed by atoms with Gasteiger partial charge in [0.05, 0.1) is 0 Å². The van der Waals surface area contributed by atoms with Crippen LogP contribution in [0.5, 0.6) is 0 Å². The molecule has 0 aromatic heterocycles. The van der Waals surface area contributed by atoms with Crippen molar-refractivity contribution in [1.82, 2.24) is 15.1 Å². The average molecular weight is 329 g/mol. The van der Waals surface area contributed by atoms with E-state index in [9.17, 15) is 4.79 Å². The van der Waals surface area contributed by atoms with Crippen LogP contribution < -0.4 is 5.32 Å². The van der Waals surface area contributed by atoms with Gasteiger partial charge in [-0.05, 0) is 37.2 Å². The summed E-state index contributed by atoms with van der Waals surface area (Å²) in [5.41, 5.74) is 1.40. The van der Waals surface area contributed by atoms with E-state index < -0.39 is 0 Å². The molecule has 2 aliphatic rings. The van der Waals surface area contributed by atoms with Crippen LogP contribution in [0.2, 0.25) is 0 Å². The number of carbonyl (C=O) groups is 1. The van der Waals surface area contributed by atoms with Crippen molar-refractivity contribution in [2.24, 2.45) is 5.92 Å². The predicted octanol–water partition coefficient (Wildman–Crippen LogP) is 3.48. The van der Waals surface area contributed by atoms with E-state index >= 15 is 0 Å². The Labute approximate surface area is 146 Å². The molecule has 2 atom stereocenters. The van der Waals surface area contributed by atoms with Gasteiger partial charge in [0, 0.05) is 38.3 Å². The smallest absolute Gasteiger partial charge is 0.317 e. The van der Waals surface area contributed by atoms with Gasteiger partial charge in [0.15, 0.2) is 0 Å². The fourth-order valence-electron chi connectivity index (χ4n) is 4.36. The van der Waals surface area contributed by atoms with Crippen molar-refractivity contribution < 1.29 is 4.79 Å². The minimum absolute atomic E-state index is 0.0876. The summed E-state index contributed by atoms with van der Waals surface area (Å²) in [6.45, 7) is 6.15. The molecular weight excluding hydrogens is 298 g/mol. The number of fused-ring (bicyclic) bond motifs is 2. The van der Waals surface area contributed by atoms with Crippen LogP contribution in [0.25, 0.3) is 0 Å². The lowest BCUT2D eigenvalue weighted by Gasteiger charge is -2.39. The highest BCUT2D eigenvalue weighted by atomic mass is 16.2. The number of hydrogen-bond donors (Lipinski definition) is 1. The fourth-order valence-corrected chi connectivity index (χ4v) is 4.36. The highest BCUT2D eigenvalue weighted by molar-refractivity contribution is 5.74. The molecule has 2 fully saturated rings. The van der Waals surface area contributed by atoms with Gasteiger partial charge in [0.25, 0.3) is 0 Å². The largest absolute Gasteiger partial charge is 0.335 e. The molecule has 1 N–H and O–H groups in total. The molecule has 2 bridgehead atoms. The molecule has 4 nitrogen and oxygen atoms in total. The monoisotopic (exact) mass is 329 g/mol. The van der Waals surface area contributed by atoms with E-state index in [0.717, 1.165) is 25.9 Å². The van der Waals surface area contributed by atoms with E-state index in [4.69, 9.17) is 0 Å². The number of nitrogens with one attached hydrogen (secondary N) is 1. The molecule has 0 radical (unpaired) electrons. The lowest BCUT2D eigenvalue weighted by Crippen LogP contribution is -2.52. The van der Waals surface area contributed by atoms with Crippen LogP contribution in [0.15, 0.2) is 30.3 Å². The lowest BCUT2D eigenvalue weighted by atomic mass is 9.96. The topological polar surface area (TPSA) is 35.6 Å². The molecule has 132 valence electrons. The van der Waals surface area contributed by atoms with Gasteiger partial charge in [0.1, 0.15) is 0 Å². The second-order valence-electron chi connectivity index (χ2n) is 7.94. The number of rotatable bonds is 5. The number of carbonyl (C=O) groups excluding carboxylic acids is 1. The molecular formula is C20H31N3O. The fraction of sp³-hybridized carbons (Fsp3) is 0.650. The molecule has 3 rings (SSSR count). The van der Waals surface area contributed by atoms with Crippen molar-refractivity contribution in [1.29, 1.82) is 0 Å². The predicted molar refractivity (Wildman–Crippen MR) is 97.8 cm³/mol.